The van der Waals surface area contributed by atoms with Gasteiger partial charge < -0.3 is 20.3 Å². The summed E-state index contributed by atoms with van der Waals surface area (Å²) < 4.78 is 10.8. The van der Waals surface area contributed by atoms with Crippen molar-refractivity contribution >= 4 is 33.7 Å². The van der Waals surface area contributed by atoms with E-state index in [0.717, 1.165) is 15.8 Å². The predicted octanol–water partition coefficient (Wildman–Crippen LogP) is 2.89. The first-order valence-electron chi connectivity index (χ1n) is 6.25. The SMILES string of the molecule is COc1cc(CSC(C)(C)[C@H](N)C(=O)O)c(OC)cc1Br. The van der Waals surface area contributed by atoms with E-state index in [-0.39, 0.29) is 0 Å². The zero-order chi connectivity index (χ0) is 16.2. The molecule has 1 aromatic rings. The average Bonchev–Trinajstić information content (AvgIpc) is 2.44. The molecule has 0 radical (unpaired) electrons. The van der Waals surface area contributed by atoms with Crippen LogP contribution in [0.3, 0.4) is 0 Å². The average molecular weight is 378 g/mol. The van der Waals surface area contributed by atoms with Gasteiger partial charge in [-0.05, 0) is 41.9 Å². The third kappa shape index (κ3) is 4.52. The molecule has 0 saturated carbocycles. The number of carboxylic acid groups (broad SMARTS) is 1. The highest BCUT2D eigenvalue weighted by atomic mass is 79.9. The number of rotatable bonds is 7. The number of thioether (sulfide) groups is 1. The molecular weight excluding hydrogens is 358 g/mol. The van der Waals surface area contributed by atoms with Crippen LogP contribution in [0.5, 0.6) is 11.5 Å². The van der Waals surface area contributed by atoms with Crippen molar-refractivity contribution in [1.29, 1.82) is 0 Å². The van der Waals surface area contributed by atoms with Crippen molar-refractivity contribution in [2.45, 2.75) is 30.4 Å². The van der Waals surface area contributed by atoms with Crippen molar-refractivity contribution < 1.29 is 19.4 Å². The Morgan fingerprint density at radius 2 is 1.95 bits per heavy atom. The molecule has 3 N–H and O–H groups in total. The topological polar surface area (TPSA) is 81.8 Å². The molecule has 0 amide bonds. The normalized spacial score (nSPS) is 12.9. The molecule has 0 fully saturated rings. The van der Waals surface area contributed by atoms with Crippen LogP contribution in [0.25, 0.3) is 0 Å². The lowest BCUT2D eigenvalue weighted by molar-refractivity contribution is -0.139. The number of nitrogens with two attached hydrogens (primary N) is 1. The molecule has 0 aliphatic heterocycles. The van der Waals surface area contributed by atoms with Gasteiger partial charge in [0, 0.05) is 16.1 Å². The Morgan fingerprint density at radius 1 is 1.38 bits per heavy atom. The molecule has 0 spiro atoms. The summed E-state index contributed by atoms with van der Waals surface area (Å²) >= 11 is 4.87. The van der Waals surface area contributed by atoms with E-state index in [9.17, 15) is 4.79 Å². The quantitative estimate of drug-likeness (QED) is 0.759. The molecule has 0 saturated heterocycles. The summed E-state index contributed by atoms with van der Waals surface area (Å²) in [5.41, 5.74) is 6.65. The number of methoxy groups -OCH3 is 2. The fraction of sp³-hybridized carbons (Fsp3) is 0.500. The molecule has 0 unspecified atom stereocenters. The van der Waals surface area contributed by atoms with Crippen LogP contribution < -0.4 is 15.2 Å². The molecule has 118 valence electrons. The zero-order valence-electron chi connectivity index (χ0n) is 12.5. The Morgan fingerprint density at radius 3 is 2.43 bits per heavy atom. The second-order valence-electron chi connectivity index (χ2n) is 5.01. The summed E-state index contributed by atoms with van der Waals surface area (Å²) in [4.78, 5) is 11.0. The van der Waals surface area contributed by atoms with Gasteiger partial charge in [-0.3, -0.25) is 4.79 Å². The van der Waals surface area contributed by atoms with Crippen LogP contribution in [-0.4, -0.2) is 36.1 Å². The maximum atomic E-state index is 11.0. The summed E-state index contributed by atoms with van der Waals surface area (Å²) in [5, 5.41) is 9.04. The minimum absolute atomic E-state index is 0.570. The third-order valence-electron chi connectivity index (χ3n) is 3.17. The molecule has 0 bridgehead atoms. The third-order valence-corrected chi connectivity index (χ3v) is 5.24. The maximum Gasteiger partial charge on any atom is 0.321 e. The van der Waals surface area contributed by atoms with E-state index in [4.69, 9.17) is 20.3 Å². The molecule has 1 atom stereocenters. The second kappa shape index (κ2) is 7.38. The first-order chi connectivity index (χ1) is 9.72. The smallest absolute Gasteiger partial charge is 0.321 e. The van der Waals surface area contributed by atoms with Crippen molar-refractivity contribution in [1.82, 2.24) is 0 Å². The minimum Gasteiger partial charge on any atom is -0.496 e. The Kier molecular flexibility index (Phi) is 6.37. The lowest BCUT2D eigenvalue weighted by Crippen LogP contribution is -2.46. The van der Waals surface area contributed by atoms with Crippen molar-refractivity contribution in [3.8, 4) is 11.5 Å². The van der Waals surface area contributed by atoms with E-state index in [0.29, 0.717) is 11.5 Å². The van der Waals surface area contributed by atoms with Gasteiger partial charge in [-0.25, -0.2) is 0 Å². The van der Waals surface area contributed by atoms with Gasteiger partial charge >= 0.3 is 5.97 Å². The maximum absolute atomic E-state index is 11.0. The number of halogens is 1. The number of carboxylic acids is 1. The fourth-order valence-corrected chi connectivity index (χ4v) is 3.21. The first kappa shape index (κ1) is 18.1. The van der Waals surface area contributed by atoms with Crippen LogP contribution in [0.15, 0.2) is 16.6 Å². The van der Waals surface area contributed by atoms with Crippen LogP contribution in [-0.2, 0) is 10.5 Å². The number of hydrogen-bond donors (Lipinski definition) is 2. The number of aliphatic carboxylic acids is 1. The second-order valence-corrected chi connectivity index (χ2v) is 7.49. The van der Waals surface area contributed by atoms with Crippen molar-refractivity contribution in [3.05, 3.63) is 22.2 Å². The fourth-order valence-electron chi connectivity index (χ4n) is 1.69. The van der Waals surface area contributed by atoms with Crippen LogP contribution in [0.1, 0.15) is 19.4 Å². The first-order valence-corrected chi connectivity index (χ1v) is 8.03. The van der Waals surface area contributed by atoms with Gasteiger partial charge in [-0.15, -0.1) is 11.8 Å². The molecule has 1 aromatic carbocycles. The van der Waals surface area contributed by atoms with E-state index in [1.165, 1.54) is 11.8 Å². The number of hydrogen-bond acceptors (Lipinski definition) is 5. The van der Waals surface area contributed by atoms with E-state index < -0.39 is 16.8 Å². The standard InChI is InChI=1S/C14H20BrNO4S/c1-14(2,12(16)13(17)18)21-7-8-5-11(20-4)9(15)6-10(8)19-3/h5-6,12H,7,16H2,1-4H3,(H,17,18)/t12-/m1/s1. The summed E-state index contributed by atoms with van der Waals surface area (Å²) in [6.45, 7) is 3.64. The van der Waals surface area contributed by atoms with Gasteiger partial charge in [0.2, 0.25) is 0 Å². The summed E-state index contributed by atoms with van der Waals surface area (Å²) in [5.74, 6) is 0.982. The largest absolute Gasteiger partial charge is 0.496 e. The molecule has 0 aliphatic rings. The van der Waals surface area contributed by atoms with Gasteiger partial charge in [0.25, 0.3) is 0 Å². The van der Waals surface area contributed by atoms with E-state index in [1.807, 2.05) is 26.0 Å². The van der Waals surface area contributed by atoms with Crippen molar-refractivity contribution in [2.24, 2.45) is 5.73 Å². The molecule has 0 aromatic heterocycles. The van der Waals surface area contributed by atoms with E-state index in [1.54, 1.807) is 14.2 Å². The predicted molar refractivity (Wildman–Crippen MR) is 88.2 cm³/mol. The Hall–Kier alpha value is -0.920. The van der Waals surface area contributed by atoms with Crippen molar-refractivity contribution in [2.75, 3.05) is 14.2 Å². The monoisotopic (exact) mass is 377 g/mol. The molecule has 0 aliphatic carbocycles. The van der Waals surface area contributed by atoms with Gasteiger partial charge in [-0.1, -0.05) is 0 Å². The molecule has 7 heteroatoms. The van der Waals surface area contributed by atoms with Crippen LogP contribution in [0.2, 0.25) is 0 Å². The number of ether oxygens (including phenoxy) is 2. The Bertz CT molecular complexity index is 522. The lowest BCUT2D eigenvalue weighted by Gasteiger charge is -2.28. The zero-order valence-corrected chi connectivity index (χ0v) is 14.9. The molecule has 0 heterocycles. The molecule has 5 nitrogen and oxygen atoms in total. The van der Waals surface area contributed by atoms with Crippen LogP contribution in [0, 0.1) is 0 Å². The highest BCUT2D eigenvalue weighted by molar-refractivity contribution is 9.10. The van der Waals surface area contributed by atoms with Crippen LogP contribution in [0.4, 0.5) is 0 Å². The van der Waals surface area contributed by atoms with E-state index >= 15 is 0 Å². The summed E-state index contributed by atoms with van der Waals surface area (Å²) in [6.07, 6.45) is 0. The van der Waals surface area contributed by atoms with Crippen LogP contribution >= 0.6 is 27.7 Å². The number of carbonyl (C=O) groups is 1. The van der Waals surface area contributed by atoms with Gasteiger partial charge in [0.1, 0.15) is 17.5 Å². The van der Waals surface area contributed by atoms with Gasteiger partial charge in [0.15, 0.2) is 0 Å². The van der Waals surface area contributed by atoms with Gasteiger partial charge in [-0.2, -0.15) is 0 Å². The lowest BCUT2D eigenvalue weighted by atomic mass is 10.1. The highest BCUT2D eigenvalue weighted by Crippen LogP contribution is 2.38. The molecular formula is C14H20BrNO4S. The summed E-state index contributed by atoms with van der Waals surface area (Å²) in [6, 6.07) is 2.77. The highest BCUT2D eigenvalue weighted by Gasteiger charge is 2.32. The molecule has 21 heavy (non-hydrogen) atoms. The Balaban J connectivity index is 2.95. The summed E-state index contributed by atoms with van der Waals surface area (Å²) in [7, 11) is 3.18. The minimum atomic E-state index is -1.01. The van der Waals surface area contributed by atoms with E-state index in [2.05, 4.69) is 15.9 Å². The number of benzene rings is 1. The van der Waals surface area contributed by atoms with Crippen molar-refractivity contribution in [3.63, 3.8) is 0 Å². The molecule has 1 rings (SSSR count). The Labute approximate surface area is 137 Å². The van der Waals surface area contributed by atoms with Gasteiger partial charge in [0.05, 0.1) is 18.7 Å².